The van der Waals surface area contributed by atoms with Gasteiger partial charge in [0.15, 0.2) is 5.13 Å². The largest absolute Gasteiger partial charge is 0.316 e. The van der Waals surface area contributed by atoms with Crippen molar-refractivity contribution in [3.05, 3.63) is 96.3 Å². The number of anilines is 2. The maximum absolute atomic E-state index is 4.69. The molecule has 140 valence electrons. The molecule has 0 saturated carbocycles. The van der Waals surface area contributed by atoms with Gasteiger partial charge >= 0.3 is 0 Å². The fourth-order valence-corrected chi connectivity index (χ4v) is 3.75. The molecule has 0 unspecified atom stereocenters. The Morgan fingerprint density at radius 2 is 1.61 bits per heavy atom. The van der Waals surface area contributed by atoms with E-state index in [0.29, 0.717) is 0 Å². The van der Waals surface area contributed by atoms with Crippen LogP contribution < -0.4 is 10.6 Å². The Bertz CT molecular complexity index is 999. The highest BCUT2D eigenvalue weighted by molar-refractivity contribution is 7.18. The lowest BCUT2D eigenvalue weighted by molar-refractivity contribution is 0.675. The summed E-state index contributed by atoms with van der Waals surface area (Å²) in [4.78, 5) is 10.3. The minimum absolute atomic E-state index is 0.746. The third-order valence-corrected chi connectivity index (χ3v) is 5.31. The minimum Gasteiger partial charge on any atom is -0.316 e. The average Bonchev–Trinajstić information content (AvgIpc) is 3.21. The zero-order valence-electron chi connectivity index (χ0n) is 15.5. The lowest BCUT2D eigenvalue weighted by atomic mass is 10.1. The first-order valence-corrected chi connectivity index (χ1v) is 10.2. The molecule has 2 N–H and O–H groups in total. The summed E-state index contributed by atoms with van der Waals surface area (Å²) in [5, 5.41) is 7.63. The van der Waals surface area contributed by atoms with Crippen LogP contribution in [0.4, 0.5) is 10.9 Å². The van der Waals surface area contributed by atoms with Crippen molar-refractivity contribution >= 4 is 22.3 Å². The molecule has 2 aromatic carbocycles. The monoisotopic (exact) mass is 386 g/mol. The number of aromatic nitrogens is 2. The second-order valence-electron chi connectivity index (χ2n) is 6.45. The van der Waals surface area contributed by atoms with E-state index in [0.717, 1.165) is 41.0 Å². The van der Waals surface area contributed by atoms with Crippen molar-refractivity contribution in [1.82, 2.24) is 15.3 Å². The number of benzene rings is 2. The van der Waals surface area contributed by atoms with Crippen LogP contribution in [0.25, 0.3) is 10.4 Å². The SMILES string of the molecule is c1ccc(CCNCc2cccc(Nc3ncc(-c4ccccc4)s3)n2)cc1. The molecule has 0 aliphatic rings. The van der Waals surface area contributed by atoms with Crippen LogP contribution in [0.5, 0.6) is 0 Å². The van der Waals surface area contributed by atoms with Gasteiger partial charge in [-0.15, -0.1) is 0 Å². The Morgan fingerprint density at radius 3 is 2.43 bits per heavy atom. The number of pyridine rings is 1. The van der Waals surface area contributed by atoms with Gasteiger partial charge < -0.3 is 10.6 Å². The third-order valence-electron chi connectivity index (χ3n) is 4.35. The van der Waals surface area contributed by atoms with E-state index < -0.39 is 0 Å². The van der Waals surface area contributed by atoms with Crippen LogP contribution in [0, 0.1) is 0 Å². The highest BCUT2D eigenvalue weighted by Crippen LogP contribution is 2.30. The summed E-state index contributed by atoms with van der Waals surface area (Å²) in [5.74, 6) is 0.816. The van der Waals surface area contributed by atoms with Crippen molar-refractivity contribution in [3.8, 4) is 10.4 Å². The molecule has 0 fully saturated rings. The van der Waals surface area contributed by atoms with Gasteiger partial charge in [0, 0.05) is 12.7 Å². The smallest absolute Gasteiger partial charge is 0.188 e. The van der Waals surface area contributed by atoms with E-state index in [1.807, 2.05) is 48.7 Å². The Morgan fingerprint density at radius 1 is 0.821 bits per heavy atom. The molecule has 0 atom stereocenters. The Hall–Kier alpha value is -3.02. The van der Waals surface area contributed by atoms with Crippen molar-refractivity contribution in [2.24, 2.45) is 0 Å². The van der Waals surface area contributed by atoms with Gasteiger partial charge in [0.25, 0.3) is 0 Å². The predicted octanol–water partition coefficient (Wildman–Crippen LogP) is 5.28. The van der Waals surface area contributed by atoms with E-state index in [1.54, 1.807) is 11.3 Å². The molecule has 4 aromatic rings. The molecule has 0 radical (unpaired) electrons. The zero-order chi connectivity index (χ0) is 19.0. The van der Waals surface area contributed by atoms with E-state index >= 15 is 0 Å². The van der Waals surface area contributed by atoms with Crippen LogP contribution >= 0.6 is 11.3 Å². The summed E-state index contributed by atoms with van der Waals surface area (Å²) < 4.78 is 0. The normalized spacial score (nSPS) is 10.7. The van der Waals surface area contributed by atoms with Gasteiger partial charge in [0.1, 0.15) is 5.82 Å². The molecule has 0 saturated heterocycles. The van der Waals surface area contributed by atoms with Crippen LogP contribution in [0.1, 0.15) is 11.3 Å². The Kier molecular flexibility index (Phi) is 6.07. The summed E-state index contributed by atoms with van der Waals surface area (Å²) in [6, 6.07) is 26.8. The molecule has 2 heterocycles. The van der Waals surface area contributed by atoms with E-state index in [1.165, 1.54) is 11.1 Å². The lowest BCUT2D eigenvalue weighted by Crippen LogP contribution is -2.17. The van der Waals surface area contributed by atoms with Gasteiger partial charge in [-0.25, -0.2) is 9.97 Å². The summed E-state index contributed by atoms with van der Waals surface area (Å²) in [5.41, 5.74) is 3.53. The van der Waals surface area contributed by atoms with Crippen LogP contribution in [0.2, 0.25) is 0 Å². The van der Waals surface area contributed by atoms with Gasteiger partial charge in [0.2, 0.25) is 0 Å². The minimum atomic E-state index is 0.746. The van der Waals surface area contributed by atoms with Gasteiger partial charge in [-0.3, -0.25) is 0 Å². The molecule has 0 aliphatic heterocycles. The molecule has 0 bridgehead atoms. The molecule has 0 amide bonds. The van der Waals surface area contributed by atoms with Crippen molar-refractivity contribution < 1.29 is 0 Å². The van der Waals surface area contributed by atoms with E-state index in [4.69, 9.17) is 0 Å². The molecule has 0 aliphatic carbocycles. The van der Waals surface area contributed by atoms with Gasteiger partial charge in [-0.1, -0.05) is 78.1 Å². The lowest BCUT2D eigenvalue weighted by Gasteiger charge is -2.07. The van der Waals surface area contributed by atoms with Gasteiger partial charge in [-0.05, 0) is 36.2 Å². The van der Waals surface area contributed by atoms with Crippen LogP contribution in [-0.2, 0) is 13.0 Å². The Balaban J connectivity index is 1.32. The van der Waals surface area contributed by atoms with E-state index in [-0.39, 0.29) is 0 Å². The standard InChI is InChI=1S/C23H22N4S/c1-3-8-18(9-4-1)14-15-24-16-20-12-7-13-22(26-20)27-23-25-17-21(28-23)19-10-5-2-6-11-19/h1-13,17,24H,14-16H2,(H,25,26,27). The van der Waals surface area contributed by atoms with E-state index in [9.17, 15) is 0 Å². The topological polar surface area (TPSA) is 49.8 Å². The first kappa shape index (κ1) is 18.3. The van der Waals surface area contributed by atoms with E-state index in [2.05, 4.69) is 57.0 Å². The average molecular weight is 387 g/mol. The van der Waals surface area contributed by atoms with Crippen LogP contribution in [0.15, 0.2) is 85.1 Å². The van der Waals surface area contributed by atoms with Crippen molar-refractivity contribution in [2.45, 2.75) is 13.0 Å². The summed E-state index contributed by atoms with van der Waals surface area (Å²) >= 11 is 1.63. The quantitative estimate of drug-likeness (QED) is 0.405. The van der Waals surface area contributed by atoms with Crippen molar-refractivity contribution in [1.29, 1.82) is 0 Å². The maximum atomic E-state index is 4.69. The molecular formula is C23H22N4S. The molecule has 4 rings (SSSR count). The van der Waals surface area contributed by atoms with Crippen molar-refractivity contribution in [2.75, 3.05) is 11.9 Å². The van der Waals surface area contributed by atoms with Gasteiger partial charge in [-0.2, -0.15) is 0 Å². The van der Waals surface area contributed by atoms with Crippen molar-refractivity contribution in [3.63, 3.8) is 0 Å². The molecule has 28 heavy (non-hydrogen) atoms. The number of hydrogen-bond acceptors (Lipinski definition) is 5. The number of nitrogens with one attached hydrogen (secondary N) is 2. The predicted molar refractivity (Wildman–Crippen MR) is 117 cm³/mol. The summed E-state index contributed by atoms with van der Waals surface area (Å²) in [6.45, 7) is 1.67. The number of thiazole rings is 1. The fourth-order valence-electron chi connectivity index (χ4n) is 2.92. The second kappa shape index (κ2) is 9.26. The number of nitrogens with zero attached hydrogens (tertiary/aromatic N) is 2. The number of rotatable bonds is 8. The molecule has 0 spiro atoms. The van der Waals surface area contributed by atoms with Gasteiger partial charge in [0.05, 0.1) is 10.6 Å². The fraction of sp³-hybridized carbons (Fsp3) is 0.130. The highest BCUT2D eigenvalue weighted by atomic mass is 32.1. The summed E-state index contributed by atoms with van der Waals surface area (Å²) in [6.07, 6.45) is 2.91. The maximum Gasteiger partial charge on any atom is 0.188 e. The third kappa shape index (κ3) is 5.03. The molecular weight excluding hydrogens is 364 g/mol. The molecule has 4 nitrogen and oxygen atoms in total. The molecule has 2 aromatic heterocycles. The summed E-state index contributed by atoms with van der Waals surface area (Å²) in [7, 11) is 0. The zero-order valence-corrected chi connectivity index (χ0v) is 16.3. The Labute approximate surface area is 169 Å². The molecule has 5 heteroatoms. The second-order valence-corrected chi connectivity index (χ2v) is 7.48. The first-order chi connectivity index (χ1) is 13.9. The van der Waals surface area contributed by atoms with Crippen LogP contribution in [0.3, 0.4) is 0 Å². The highest BCUT2D eigenvalue weighted by Gasteiger charge is 2.05. The first-order valence-electron chi connectivity index (χ1n) is 9.36. The number of hydrogen-bond donors (Lipinski definition) is 2. The van der Waals surface area contributed by atoms with Crippen LogP contribution in [-0.4, -0.2) is 16.5 Å².